The van der Waals surface area contributed by atoms with Crippen molar-refractivity contribution in [2.45, 2.75) is 12.6 Å². The van der Waals surface area contributed by atoms with Crippen molar-refractivity contribution in [1.29, 1.82) is 0 Å². The summed E-state index contributed by atoms with van der Waals surface area (Å²) < 4.78 is 41.4. The van der Waals surface area contributed by atoms with E-state index in [1.807, 2.05) is 0 Å². The number of alkyl halides is 3. The lowest BCUT2D eigenvalue weighted by Crippen LogP contribution is -2.40. The lowest BCUT2D eigenvalue weighted by atomic mass is 10.3. The molecule has 0 aliphatic carbocycles. The number of nitrogens with zero attached hydrogens (tertiary/aromatic N) is 1. The Labute approximate surface area is 149 Å². The Morgan fingerprint density at radius 2 is 1.95 bits per heavy atom. The third kappa shape index (κ3) is 9.93. The third-order valence-electron chi connectivity index (χ3n) is 2.38. The number of nitrogens with one attached hydrogen (secondary N) is 2. The minimum absolute atomic E-state index is 0. The first-order valence-corrected chi connectivity index (χ1v) is 6.68. The van der Waals surface area contributed by atoms with Crippen LogP contribution in [-0.4, -0.2) is 38.9 Å². The van der Waals surface area contributed by atoms with Gasteiger partial charge >= 0.3 is 6.18 Å². The maximum atomic E-state index is 12.0. The second-order valence-corrected chi connectivity index (χ2v) is 4.53. The Bertz CT molecular complexity index is 472. The average Bonchev–Trinajstić information content (AvgIpc) is 2.40. The van der Waals surface area contributed by atoms with Crippen molar-refractivity contribution in [1.82, 2.24) is 10.6 Å². The Morgan fingerprint density at radius 1 is 1.27 bits per heavy atom. The summed E-state index contributed by atoms with van der Waals surface area (Å²) in [5.74, 6) is 0.929. The highest BCUT2D eigenvalue weighted by molar-refractivity contribution is 14.0. The van der Waals surface area contributed by atoms with Crippen LogP contribution in [0.3, 0.4) is 0 Å². The average molecular weight is 452 g/mol. The van der Waals surface area contributed by atoms with Crippen molar-refractivity contribution in [3.63, 3.8) is 0 Å². The van der Waals surface area contributed by atoms with E-state index in [9.17, 15) is 13.2 Å². The number of guanidine groups is 1. The molecule has 0 amide bonds. The fourth-order valence-electron chi connectivity index (χ4n) is 1.44. The van der Waals surface area contributed by atoms with Crippen molar-refractivity contribution in [2.75, 3.05) is 26.7 Å². The second-order valence-electron chi connectivity index (χ2n) is 4.10. The van der Waals surface area contributed by atoms with Gasteiger partial charge in [-0.1, -0.05) is 17.7 Å². The molecule has 0 aliphatic heterocycles. The van der Waals surface area contributed by atoms with E-state index in [-0.39, 0.29) is 30.5 Å². The van der Waals surface area contributed by atoms with Gasteiger partial charge in [-0.25, -0.2) is 0 Å². The van der Waals surface area contributed by atoms with Crippen LogP contribution in [0.25, 0.3) is 0 Å². The van der Waals surface area contributed by atoms with Crippen LogP contribution in [0, 0.1) is 0 Å². The van der Waals surface area contributed by atoms with E-state index >= 15 is 0 Å². The topological polar surface area (TPSA) is 45.7 Å². The number of hydrogen-bond acceptors (Lipinski definition) is 2. The van der Waals surface area contributed by atoms with Gasteiger partial charge in [0.15, 0.2) is 5.96 Å². The summed E-state index contributed by atoms with van der Waals surface area (Å²) in [7, 11) is 1.49. The molecule has 9 heteroatoms. The van der Waals surface area contributed by atoms with Crippen molar-refractivity contribution in [2.24, 2.45) is 4.99 Å². The summed E-state index contributed by atoms with van der Waals surface area (Å²) in [6.45, 7) is 0.511. The van der Waals surface area contributed by atoms with E-state index < -0.39 is 12.6 Å². The van der Waals surface area contributed by atoms with Gasteiger partial charge in [0.05, 0.1) is 13.0 Å². The van der Waals surface area contributed by atoms with Gasteiger partial charge in [-0.3, -0.25) is 4.99 Å². The molecular weight excluding hydrogens is 434 g/mol. The molecule has 0 aromatic heterocycles. The Balaban J connectivity index is 0.00000441. The highest BCUT2D eigenvalue weighted by atomic mass is 127. The van der Waals surface area contributed by atoms with Crippen LogP contribution in [0.15, 0.2) is 29.3 Å². The normalized spacial score (nSPS) is 11.6. The molecule has 1 rings (SSSR count). The number of halogens is 5. The van der Waals surface area contributed by atoms with Crippen LogP contribution >= 0.6 is 35.6 Å². The van der Waals surface area contributed by atoms with Crippen molar-refractivity contribution in [3.05, 3.63) is 29.3 Å². The first kappa shape index (κ1) is 21.1. The molecule has 0 radical (unpaired) electrons. The van der Waals surface area contributed by atoms with Gasteiger partial charge in [0.2, 0.25) is 0 Å². The highest BCUT2D eigenvalue weighted by Crippen LogP contribution is 2.18. The molecule has 4 nitrogen and oxygen atoms in total. The Kier molecular flexibility index (Phi) is 10.3. The molecular formula is C13H18ClF3IN3O. The molecule has 0 saturated heterocycles. The lowest BCUT2D eigenvalue weighted by Gasteiger charge is -2.13. The molecule has 22 heavy (non-hydrogen) atoms. The maximum absolute atomic E-state index is 12.0. The molecule has 0 fully saturated rings. The number of benzene rings is 1. The minimum Gasteiger partial charge on any atom is -0.492 e. The van der Waals surface area contributed by atoms with Gasteiger partial charge in [0, 0.05) is 18.6 Å². The first-order chi connectivity index (χ1) is 9.90. The number of hydrogen-bond donors (Lipinski definition) is 2. The van der Waals surface area contributed by atoms with E-state index in [0.717, 1.165) is 0 Å². The zero-order chi connectivity index (χ0) is 15.7. The van der Waals surface area contributed by atoms with E-state index in [1.54, 1.807) is 24.3 Å². The molecule has 0 aliphatic rings. The summed E-state index contributed by atoms with van der Waals surface area (Å²) in [5, 5.41) is 6.00. The first-order valence-electron chi connectivity index (χ1n) is 6.30. The molecule has 0 atom stereocenters. The molecule has 126 valence electrons. The summed E-state index contributed by atoms with van der Waals surface area (Å²) >= 11 is 5.81. The summed E-state index contributed by atoms with van der Waals surface area (Å²) in [4.78, 5) is 3.82. The molecule has 2 N–H and O–H groups in total. The SMILES string of the molecule is CN=C(NCCOc1cccc(Cl)c1)NCCC(F)(F)F.I. The summed E-state index contributed by atoms with van der Waals surface area (Å²) in [6, 6.07) is 6.95. The Hall–Kier alpha value is -0.900. The maximum Gasteiger partial charge on any atom is 0.390 e. The monoisotopic (exact) mass is 451 g/mol. The van der Waals surface area contributed by atoms with Crippen LogP contribution in [0.2, 0.25) is 5.02 Å². The molecule has 1 aromatic rings. The predicted octanol–water partition coefficient (Wildman–Crippen LogP) is 3.45. The molecule has 1 aromatic carbocycles. The number of rotatable bonds is 6. The van der Waals surface area contributed by atoms with Crippen LogP contribution < -0.4 is 15.4 Å². The lowest BCUT2D eigenvalue weighted by molar-refractivity contribution is -0.132. The molecule has 0 unspecified atom stereocenters. The van der Waals surface area contributed by atoms with E-state index in [0.29, 0.717) is 29.9 Å². The largest absolute Gasteiger partial charge is 0.492 e. The van der Waals surface area contributed by atoms with E-state index in [2.05, 4.69) is 15.6 Å². The van der Waals surface area contributed by atoms with Crippen LogP contribution in [0.5, 0.6) is 5.75 Å². The van der Waals surface area contributed by atoms with Gasteiger partial charge < -0.3 is 15.4 Å². The standard InChI is InChI=1S/C13H17ClF3N3O.HI/c1-18-12(19-6-5-13(15,16)17)20-7-8-21-11-4-2-3-10(14)9-11;/h2-4,9H,5-8H2,1H3,(H2,18,19,20);1H. The second kappa shape index (κ2) is 10.8. The zero-order valence-corrected chi connectivity index (χ0v) is 15.0. The molecule has 0 heterocycles. The molecule has 0 spiro atoms. The zero-order valence-electron chi connectivity index (χ0n) is 11.9. The van der Waals surface area contributed by atoms with E-state index in [1.165, 1.54) is 7.05 Å². The highest BCUT2D eigenvalue weighted by Gasteiger charge is 2.26. The quantitative estimate of drug-likeness (QED) is 0.301. The number of aliphatic imine (C=N–C) groups is 1. The van der Waals surface area contributed by atoms with Gasteiger partial charge in [-0.2, -0.15) is 13.2 Å². The fraction of sp³-hybridized carbons (Fsp3) is 0.462. The van der Waals surface area contributed by atoms with Crippen LogP contribution in [-0.2, 0) is 0 Å². The smallest absolute Gasteiger partial charge is 0.390 e. The summed E-state index contributed by atoms with van der Waals surface area (Å²) in [6.07, 6.45) is -5.09. The minimum atomic E-state index is -4.18. The predicted molar refractivity (Wildman–Crippen MR) is 92.4 cm³/mol. The van der Waals surface area contributed by atoms with Gasteiger partial charge in [0.25, 0.3) is 0 Å². The van der Waals surface area contributed by atoms with Gasteiger partial charge in [0.1, 0.15) is 12.4 Å². The number of ether oxygens (including phenoxy) is 1. The van der Waals surface area contributed by atoms with Crippen molar-refractivity contribution >= 4 is 41.5 Å². The van der Waals surface area contributed by atoms with E-state index in [4.69, 9.17) is 16.3 Å². The van der Waals surface area contributed by atoms with Crippen molar-refractivity contribution < 1.29 is 17.9 Å². The van der Waals surface area contributed by atoms with Crippen molar-refractivity contribution in [3.8, 4) is 5.75 Å². The van der Waals surface area contributed by atoms with Gasteiger partial charge in [-0.15, -0.1) is 24.0 Å². The van der Waals surface area contributed by atoms with Crippen LogP contribution in [0.1, 0.15) is 6.42 Å². The Morgan fingerprint density at radius 3 is 2.55 bits per heavy atom. The third-order valence-corrected chi connectivity index (χ3v) is 2.62. The van der Waals surface area contributed by atoms with Crippen LogP contribution in [0.4, 0.5) is 13.2 Å². The summed E-state index contributed by atoms with van der Waals surface area (Å²) in [5.41, 5.74) is 0. The fourth-order valence-corrected chi connectivity index (χ4v) is 1.62. The van der Waals surface area contributed by atoms with Gasteiger partial charge in [-0.05, 0) is 18.2 Å². The molecule has 0 bridgehead atoms. The molecule has 0 saturated carbocycles.